The van der Waals surface area contributed by atoms with Gasteiger partial charge in [0.05, 0.1) is 21.9 Å². The van der Waals surface area contributed by atoms with E-state index >= 15 is 0 Å². The largest absolute Gasteiger partial charge is 0.435 e. The maximum absolute atomic E-state index is 12.0. The fraction of sp³-hybridized carbons (Fsp3) is 0.0714. The van der Waals surface area contributed by atoms with E-state index < -0.39 is 6.61 Å². The van der Waals surface area contributed by atoms with Crippen molar-refractivity contribution in [2.24, 2.45) is 5.10 Å². The van der Waals surface area contributed by atoms with Crippen LogP contribution in [0.25, 0.3) is 0 Å². The molecule has 0 bridgehead atoms. The number of hydrazone groups is 1. The minimum absolute atomic E-state index is 0.0968. The van der Waals surface area contributed by atoms with E-state index in [2.05, 4.69) is 15.3 Å². The first-order valence-corrected chi connectivity index (χ1v) is 6.59. The van der Waals surface area contributed by atoms with Crippen LogP contribution in [0.5, 0.6) is 5.75 Å². The number of hydrogen-bond donors (Lipinski definition) is 1. The van der Waals surface area contributed by atoms with Crippen LogP contribution in [0.1, 0.15) is 5.56 Å². The highest BCUT2D eigenvalue weighted by molar-refractivity contribution is 6.42. The Bertz CT molecular complexity index is 633. The zero-order valence-corrected chi connectivity index (χ0v) is 12.1. The average molecular weight is 331 g/mol. The summed E-state index contributed by atoms with van der Waals surface area (Å²) in [5.41, 5.74) is 4.19. The molecule has 0 aromatic heterocycles. The maximum atomic E-state index is 12.0. The summed E-state index contributed by atoms with van der Waals surface area (Å²) in [4.78, 5) is 0. The fourth-order valence-electron chi connectivity index (χ4n) is 1.48. The highest BCUT2D eigenvalue weighted by Crippen LogP contribution is 2.24. The highest BCUT2D eigenvalue weighted by atomic mass is 35.5. The lowest BCUT2D eigenvalue weighted by Gasteiger charge is -2.04. The van der Waals surface area contributed by atoms with Crippen LogP contribution in [0.4, 0.5) is 14.5 Å². The van der Waals surface area contributed by atoms with E-state index in [1.54, 1.807) is 30.3 Å². The van der Waals surface area contributed by atoms with Gasteiger partial charge in [0, 0.05) is 0 Å². The van der Waals surface area contributed by atoms with Crippen LogP contribution in [0.3, 0.4) is 0 Å². The zero-order chi connectivity index (χ0) is 15.2. The molecule has 0 aliphatic heterocycles. The molecule has 0 atom stereocenters. The summed E-state index contributed by atoms with van der Waals surface area (Å²) < 4.78 is 28.2. The van der Waals surface area contributed by atoms with Gasteiger partial charge >= 0.3 is 6.61 Å². The number of alkyl halides is 2. The molecule has 2 rings (SSSR count). The number of nitrogens with one attached hydrogen (secondary N) is 1. The van der Waals surface area contributed by atoms with Crippen LogP contribution in [-0.2, 0) is 0 Å². The number of nitrogens with zero attached hydrogens (tertiary/aromatic N) is 1. The predicted molar refractivity (Wildman–Crippen MR) is 80.8 cm³/mol. The Hall–Kier alpha value is -1.85. The van der Waals surface area contributed by atoms with E-state index in [0.717, 1.165) is 5.56 Å². The second kappa shape index (κ2) is 7.24. The highest BCUT2D eigenvalue weighted by Gasteiger charge is 2.03. The Labute approximate surface area is 130 Å². The SMILES string of the molecule is FC(F)Oc1ccc(C=NNc2ccc(Cl)c(Cl)c2)cc1. The van der Waals surface area contributed by atoms with Crippen LogP contribution in [0.15, 0.2) is 47.6 Å². The molecular formula is C14H10Cl2F2N2O. The van der Waals surface area contributed by atoms with Crippen molar-refractivity contribution in [3.05, 3.63) is 58.1 Å². The van der Waals surface area contributed by atoms with E-state index in [1.807, 2.05) is 0 Å². The number of halogens is 4. The van der Waals surface area contributed by atoms with Gasteiger partial charge < -0.3 is 4.74 Å². The molecular weight excluding hydrogens is 321 g/mol. The van der Waals surface area contributed by atoms with Gasteiger partial charge in [0.15, 0.2) is 0 Å². The average Bonchev–Trinajstić information content (AvgIpc) is 2.44. The van der Waals surface area contributed by atoms with Crippen LogP contribution < -0.4 is 10.2 Å². The molecule has 21 heavy (non-hydrogen) atoms. The lowest BCUT2D eigenvalue weighted by atomic mass is 10.2. The van der Waals surface area contributed by atoms with Gasteiger partial charge in [-0.25, -0.2) is 0 Å². The number of anilines is 1. The molecule has 0 amide bonds. The van der Waals surface area contributed by atoms with Crippen LogP contribution in [-0.4, -0.2) is 12.8 Å². The number of ether oxygens (including phenoxy) is 1. The molecule has 3 nitrogen and oxygen atoms in total. The first-order chi connectivity index (χ1) is 10.0. The topological polar surface area (TPSA) is 33.6 Å². The molecule has 0 saturated carbocycles. The van der Waals surface area contributed by atoms with Gasteiger partial charge in [-0.3, -0.25) is 5.43 Å². The minimum Gasteiger partial charge on any atom is -0.435 e. The third-order valence-electron chi connectivity index (χ3n) is 2.43. The molecule has 0 saturated heterocycles. The summed E-state index contributed by atoms with van der Waals surface area (Å²) in [6.07, 6.45) is 1.54. The molecule has 0 fully saturated rings. The summed E-state index contributed by atoms with van der Waals surface area (Å²) in [6.45, 7) is -2.83. The Kier molecular flexibility index (Phi) is 5.36. The van der Waals surface area contributed by atoms with Gasteiger partial charge in [-0.1, -0.05) is 23.2 Å². The van der Waals surface area contributed by atoms with Crippen LogP contribution >= 0.6 is 23.2 Å². The van der Waals surface area contributed by atoms with Crippen molar-refractivity contribution in [3.63, 3.8) is 0 Å². The lowest BCUT2D eigenvalue weighted by molar-refractivity contribution is -0.0498. The third-order valence-corrected chi connectivity index (χ3v) is 3.17. The fourth-order valence-corrected chi connectivity index (χ4v) is 1.78. The van der Waals surface area contributed by atoms with E-state index in [1.165, 1.54) is 18.3 Å². The molecule has 0 radical (unpaired) electrons. The number of rotatable bonds is 5. The molecule has 2 aromatic carbocycles. The third kappa shape index (κ3) is 4.88. The van der Waals surface area contributed by atoms with Crippen molar-refractivity contribution < 1.29 is 13.5 Å². The summed E-state index contributed by atoms with van der Waals surface area (Å²) in [5.74, 6) is 0.0968. The summed E-state index contributed by atoms with van der Waals surface area (Å²) in [7, 11) is 0. The van der Waals surface area contributed by atoms with Gasteiger partial charge in [0.25, 0.3) is 0 Å². The minimum atomic E-state index is -2.83. The van der Waals surface area contributed by atoms with Crippen molar-refractivity contribution in [2.45, 2.75) is 6.61 Å². The maximum Gasteiger partial charge on any atom is 0.387 e. The standard InChI is InChI=1S/C14H10Cl2F2N2O/c15-12-6-3-10(7-13(12)16)20-19-8-9-1-4-11(5-2-9)21-14(17)18/h1-8,14,20H. The molecule has 0 aliphatic carbocycles. The second-order valence-electron chi connectivity index (χ2n) is 3.95. The van der Waals surface area contributed by atoms with Gasteiger partial charge in [0.1, 0.15) is 5.75 Å². The predicted octanol–water partition coefficient (Wildman–Crippen LogP) is 5.04. The first-order valence-electron chi connectivity index (χ1n) is 5.83. The Morgan fingerprint density at radius 2 is 1.76 bits per heavy atom. The first kappa shape index (κ1) is 15.5. The monoisotopic (exact) mass is 330 g/mol. The van der Waals surface area contributed by atoms with Crippen molar-refractivity contribution in [3.8, 4) is 5.75 Å². The van der Waals surface area contributed by atoms with Crippen molar-refractivity contribution in [1.29, 1.82) is 0 Å². The molecule has 0 unspecified atom stereocenters. The number of hydrogen-bond acceptors (Lipinski definition) is 3. The van der Waals surface area contributed by atoms with Crippen LogP contribution in [0.2, 0.25) is 10.0 Å². The molecule has 7 heteroatoms. The van der Waals surface area contributed by atoms with Gasteiger partial charge in [0.2, 0.25) is 0 Å². The Morgan fingerprint density at radius 1 is 1.05 bits per heavy atom. The van der Waals surface area contributed by atoms with Gasteiger partial charge in [-0.2, -0.15) is 13.9 Å². The molecule has 0 aliphatic rings. The van der Waals surface area contributed by atoms with Crippen LogP contribution in [0, 0.1) is 0 Å². The second-order valence-corrected chi connectivity index (χ2v) is 4.76. The lowest BCUT2D eigenvalue weighted by Crippen LogP contribution is -2.01. The van der Waals surface area contributed by atoms with Crippen molar-refractivity contribution in [1.82, 2.24) is 0 Å². The smallest absolute Gasteiger partial charge is 0.387 e. The van der Waals surface area contributed by atoms with Crippen molar-refractivity contribution >= 4 is 35.1 Å². The number of benzene rings is 2. The van der Waals surface area contributed by atoms with E-state index in [9.17, 15) is 8.78 Å². The Morgan fingerprint density at radius 3 is 2.38 bits per heavy atom. The molecule has 2 aromatic rings. The summed E-state index contributed by atoms with van der Waals surface area (Å²) >= 11 is 11.7. The van der Waals surface area contributed by atoms with Gasteiger partial charge in [-0.05, 0) is 48.0 Å². The quantitative estimate of drug-likeness (QED) is 0.615. The van der Waals surface area contributed by atoms with Crippen molar-refractivity contribution in [2.75, 3.05) is 5.43 Å². The molecule has 1 N–H and O–H groups in total. The molecule has 110 valence electrons. The Balaban J connectivity index is 1.96. The summed E-state index contributed by atoms with van der Waals surface area (Å²) in [5, 5.41) is 4.89. The zero-order valence-electron chi connectivity index (χ0n) is 10.6. The molecule has 0 heterocycles. The van der Waals surface area contributed by atoms with Gasteiger partial charge in [-0.15, -0.1) is 0 Å². The molecule has 0 spiro atoms. The van der Waals surface area contributed by atoms with E-state index in [0.29, 0.717) is 15.7 Å². The van der Waals surface area contributed by atoms with E-state index in [-0.39, 0.29) is 5.75 Å². The normalized spacial score (nSPS) is 11.1. The van der Waals surface area contributed by atoms with E-state index in [4.69, 9.17) is 23.2 Å². The summed E-state index contributed by atoms with van der Waals surface area (Å²) in [6, 6.07) is 11.1.